The molecule has 2 atom stereocenters. The summed E-state index contributed by atoms with van der Waals surface area (Å²) in [5.74, 6) is 1.33. The number of para-hydroxylation sites is 1. The Morgan fingerprint density at radius 3 is 2.72 bits per heavy atom. The second kappa shape index (κ2) is 8.77. The van der Waals surface area contributed by atoms with Gasteiger partial charge in [0.05, 0.1) is 5.69 Å². The number of carbonyl (C=O) groups excluding carboxylic acids is 2. The first-order valence-electron chi connectivity index (χ1n) is 10.8. The zero-order valence-electron chi connectivity index (χ0n) is 17.8. The fraction of sp³-hybridized carbons (Fsp3) is 0.500. The molecule has 32 heavy (non-hydrogen) atoms. The maximum absolute atomic E-state index is 12.7. The van der Waals surface area contributed by atoms with Crippen molar-refractivity contribution in [2.45, 2.75) is 36.6 Å². The van der Waals surface area contributed by atoms with E-state index in [2.05, 4.69) is 30.6 Å². The number of benzene rings is 1. The fourth-order valence-corrected chi connectivity index (χ4v) is 5.14. The van der Waals surface area contributed by atoms with E-state index in [0.29, 0.717) is 6.54 Å². The highest BCUT2D eigenvalue weighted by molar-refractivity contribution is 7.99. The monoisotopic (exact) mass is 455 g/mol. The topological polar surface area (TPSA) is 112 Å². The van der Waals surface area contributed by atoms with E-state index in [1.165, 1.54) is 4.90 Å². The first-order chi connectivity index (χ1) is 15.6. The molecule has 12 heteroatoms. The summed E-state index contributed by atoms with van der Waals surface area (Å²) in [5.41, 5.74) is 0.914. The Morgan fingerprint density at radius 2 is 1.94 bits per heavy atom. The lowest BCUT2D eigenvalue weighted by atomic mass is 10.1. The van der Waals surface area contributed by atoms with E-state index in [-0.39, 0.29) is 5.91 Å². The Hall–Kier alpha value is -3.15. The van der Waals surface area contributed by atoms with Gasteiger partial charge in [0.1, 0.15) is 0 Å². The molecule has 168 valence electrons. The second-order valence-corrected chi connectivity index (χ2v) is 9.05. The van der Waals surface area contributed by atoms with Crippen LogP contribution in [0.3, 0.4) is 0 Å². The van der Waals surface area contributed by atoms with Crippen molar-refractivity contribution >= 4 is 29.7 Å². The largest absolute Gasteiger partial charge is 0.343 e. The lowest BCUT2D eigenvalue weighted by Crippen LogP contribution is -2.64. The van der Waals surface area contributed by atoms with Crippen molar-refractivity contribution in [3.05, 3.63) is 30.3 Å². The van der Waals surface area contributed by atoms with Gasteiger partial charge in [-0.3, -0.25) is 10.1 Å². The number of guanidine groups is 1. The molecule has 5 rings (SSSR count). The van der Waals surface area contributed by atoms with E-state index in [4.69, 9.17) is 4.99 Å². The predicted octanol–water partition coefficient (Wildman–Crippen LogP) is 0.788. The molecule has 2 fully saturated rings. The average molecular weight is 456 g/mol. The first kappa shape index (κ1) is 20.7. The molecule has 2 unspecified atom stereocenters. The van der Waals surface area contributed by atoms with Gasteiger partial charge in [0.25, 0.3) is 5.91 Å². The molecule has 11 nitrogen and oxygen atoms in total. The number of rotatable bonds is 6. The highest BCUT2D eigenvalue weighted by atomic mass is 32.2. The minimum atomic E-state index is -0.493. The van der Waals surface area contributed by atoms with Crippen LogP contribution < -0.4 is 5.32 Å². The summed E-state index contributed by atoms with van der Waals surface area (Å²) in [4.78, 5) is 35.4. The Kier molecular flexibility index (Phi) is 5.68. The van der Waals surface area contributed by atoms with Crippen molar-refractivity contribution in [2.75, 3.05) is 32.4 Å². The quantitative estimate of drug-likeness (QED) is 0.503. The van der Waals surface area contributed by atoms with Crippen molar-refractivity contribution in [1.82, 2.24) is 40.2 Å². The molecule has 0 aliphatic carbocycles. The van der Waals surface area contributed by atoms with Crippen LogP contribution in [0.1, 0.15) is 19.3 Å². The number of nitrogens with one attached hydrogen (secondary N) is 1. The number of amides is 3. The molecule has 3 amide bonds. The van der Waals surface area contributed by atoms with Crippen LogP contribution in [0.15, 0.2) is 40.5 Å². The summed E-state index contributed by atoms with van der Waals surface area (Å²) in [6.45, 7) is 2.51. The van der Waals surface area contributed by atoms with E-state index >= 15 is 0 Å². The number of likely N-dealkylation sites (tertiary alicyclic amines) is 1. The molecule has 2 saturated heterocycles. The molecule has 4 heterocycles. The first-order valence-corrected chi connectivity index (χ1v) is 11.8. The zero-order valence-corrected chi connectivity index (χ0v) is 18.6. The van der Waals surface area contributed by atoms with E-state index in [9.17, 15) is 9.59 Å². The molecule has 3 aliphatic rings. The number of aliphatic imine (C=N–C) groups is 1. The number of thioether (sulfide) groups is 1. The lowest BCUT2D eigenvalue weighted by Gasteiger charge is -2.37. The normalized spacial score (nSPS) is 22.9. The van der Waals surface area contributed by atoms with Crippen LogP contribution >= 0.6 is 11.8 Å². The molecule has 0 saturated carbocycles. The zero-order chi connectivity index (χ0) is 22.1. The Morgan fingerprint density at radius 1 is 1.16 bits per heavy atom. The van der Waals surface area contributed by atoms with Crippen LogP contribution in [-0.4, -0.2) is 97.4 Å². The molecule has 2 aromatic rings. The second-order valence-electron chi connectivity index (χ2n) is 7.99. The van der Waals surface area contributed by atoms with Crippen molar-refractivity contribution in [3.63, 3.8) is 0 Å². The number of carbonyl (C=O) groups is 2. The van der Waals surface area contributed by atoms with Crippen molar-refractivity contribution < 1.29 is 9.59 Å². The highest BCUT2D eigenvalue weighted by Gasteiger charge is 2.49. The van der Waals surface area contributed by atoms with E-state index in [1.54, 1.807) is 23.5 Å². The number of likely N-dealkylation sites (N-methyl/N-ethyl adjacent to an activating group) is 1. The average Bonchev–Trinajstić information content (AvgIpc) is 3.55. The number of aromatic nitrogens is 4. The number of tetrazole rings is 1. The molecular weight excluding hydrogens is 430 g/mol. The maximum Gasteiger partial charge on any atom is 0.325 e. The Bertz CT molecular complexity index is 1020. The molecule has 0 radical (unpaired) electrons. The number of hydrogen-bond acceptors (Lipinski definition) is 9. The molecule has 0 spiro atoms. The van der Waals surface area contributed by atoms with Crippen LogP contribution in [0, 0.1) is 0 Å². The van der Waals surface area contributed by atoms with Crippen molar-refractivity contribution in [1.29, 1.82) is 0 Å². The summed E-state index contributed by atoms with van der Waals surface area (Å²) in [7, 11) is 1.69. The third kappa shape index (κ3) is 3.78. The standard InChI is InChI=1S/C20H25N9O2S/c1-26-16-15(17(30)22-19(26)31)28(18(21-16)27-10-5-6-11-27)12-7-13-32-20-23-24-25-29(20)14-8-3-2-4-9-14/h2-4,8-9,15-16H,5-7,10-13H2,1H3,(H,22,30,31). The molecule has 3 aliphatic heterocycles. The van der Waals surface area contributed by atoms with Gasteiger partial charge in [-0.05, 0) is 41.8 Å². The third-order valence-electron chi connectivity index (χ3n) is 5.94. The highest BCUT2D eigenvalue weighted by Crippen LogP contribution is 2.28. The van der Waals surface area contributed by atoms with Gasteiger partial charge in [-0.2, -0.15) is 4.68 Å². The van der Waals surface area contributed by atoms with Gasteiger partial charge in [0.15, 0.2) is 18.2 Å². The van der Waals surface area contributed by atoms with Gasteiger partial charge in [0, 0.05) is 32.4 Å². The Balaban J connectivity index is 1.26. The number of nitrogens with zero attached hydrogens (tertiary/aromatic N) is 8. The van der Waals surface area contributed by atoms with Gasteiger partial charge < -0.3 is 14.7 Å². The van der Waals surface area contributed by atoms with Gasteiger partial charge in [-0.25, -0.2) is 9.79 Å². The van der Waals surface area contributed by atoms with Crippen LogP contribution in [0.25, 0.3) is 5.69 Å². The number of fused-ring (bicyclic) bond motifs is 1. The van der Waals surface area contributed by atoms with Crippen LogP contribution in [-0.2, 0) is 4.79 Å². The van der Waals surface area contributed by atoms with Gasteiger partial charge in [-0.15, -0.1) is 5.10 Å². The predicted molar refractivity (Wildman–Crippen MR) is 118 cm³/mol. The van der Waals surface area contributed by atoms with Crippen molar-refractivity contribution in [3.8, 4) is 5.69 Å². The molecular formula is C20H25N9O2S. The van der Waals surface area contributed by atoms with Gasteiger partial charge in [0.2, 0.25) is 5.16 Å². The minimum absolute atomic E-state index is 0.281. The molecule has 1 N–H and O–H groups in total. The number of urea groups is 1. The number of hydrogen-bond donors (Lipinski definition) is 1. The van der Waals surface area contributed by atoms with Crippen LogP contribution in [0.4, 0.5) is 4.79 Å². The van der Waals surface area contributed by atoms with E-state index in [0.717, 1.165) is 54.9 Å². The summed E-state index contributed by atoms with van der Waals surface area (Å²) in [5, 5.41) is 15.2. The molecule has 1 aromatic carbocycles. The van der Waals surface area contributed by atoms with E-state index in [1.807, 2.05) is 30.3 Å². The van der Waals surface area contributed by atoms with Gasteiger partial charge in [-0.1, -0.05) is 30.0 Å². The van der Waals surface area contributed by atoms with Gasteiger partial charge >= 0.3 is 6.03 Å². The van der Waals surface area contributed by atoms with Crippen LogP contribution in [0.2, 0.25) is 0 Å². The minimum Gasteiger partial charge on any atom is -0.343 e. The Labute approximate surface area is 189 Å². The lowest BCUT2D eigenvalue weighted by molar-refractivity contribution is -0.127. The van der Waals surface area contributed by atoms with Crippen molar-refractivity contribution in [2.24, 2.45) is 4.99 Å². The van der Waals surface area contributed by atoms with Crippen LogP contribution in [0.5, 0.6) is 0 Å². The third-order valence-corrected chi connectivity index (χ3v) is 6.95. The summed E-state index contributed by atoms with van der Waals surface area (Å²) < 4.78 is 1.73. The molecule has 1 aromatic heterocycles. The fourth-order valence-electron chi connectivity index (χ4n) is 4.33. The SMILES string of the molecule is CN1C(=O)NC(=O)C2C1N=C(N1CCCC1)N2CCCSc1nnnn1-c1ccccc1. The smallest absolute Gasteiger partial charge is 0.325 e. The number of imide groups is 1. The molecule has 0 bridgehead atoms. The summed E-state index contributed by atoms with van der Waals surface area (Å²) >= 11 is 1.58. The van der Waals surface area contributed by atoms with E-state index < -0.39 is 18.2 Å². The summed E-state index contributed by atoms with van der Waals surface area (Å²) in [6, 6.07) is 8.89. The maximum atomic E-state index is 12.7. The summed E-state index contributed by atoms with van der Waals surface area (Å²) in [6.07, 6.45) is 2.56.